The van der Waals surface area contributed by atoms with Crippen molar-refractivity contribution in [1.82, 2.24) is 14.8 Å². The smallest absolute Gasteiger partial charge is 0.318 e. The van der Waals surface area contributed by atoms with Crippen LogP contribution >= 0.6 is 0 Å². The number of nitrogens with zero attached hydrogens (tertiary/aromatic N) is 2. The van der Waals surface area contributed by atoms with E-state index >= 15 is 0 Å². The van der Waals surface area contributed by atoms with Crippen LogP contribution < -0.4 is 14.8 Å². The molecular formula is C21H29N3O3. The Morgan fingerprint density at radius 2 is 1.89 bits per heavy atom. The number of benzene rings is 1. The van der Waals surface area contributed by atoms with Gasteiger partial charge in [0, 0.05) is 31.0 Å². The number of carbonyl (C=O) groups is 1. The largest absolute Gasteiger partial charge is 0.493 e. The average molecular weight is 371 g/mol. The Morgan fingerprint density at radius 3 is 2.56 bits per heavy atom. The molecule has 0 saturated carbocycles. The molecule has 1 aliphatic heterocycles. The second kappa shape index (κ2) is 8.37. The Morgan fingerprint density at radius 1 is 1.15 bits per heavy atom. The number of carbonyl (C=O) groups excluding carboxylic acids is 1. The Balaban J connectivity index is 1.98. The lowest BCUT2D eigenvalue weighted by molar-refractivity contribution is 0.164. The summed E-state index contributed by atoms with van der Waals surface area (Å²) in [5.41, 5.74) is 2.11. The highest BCUT2D eigenvalue weighted by molar-refractivity contribution is 5.76. The summed E-state index contributed by atoms with van der Waals surface area (Å²) in [5, 5.41) is 3.18. The van der Waals surface area contributed by atoms with Gasteiger partial charge in [0.15, 0.2) is 11.5 Å². The van der Waals surface area contributed by atoms with E-state index in [0.29, 0.717) is 18.0 Å². The summed E-state index contributed by atoms with van der Waals surface area (Å²) in [4.78, 5) is 15.0. The number of methoxy groups -OCH3 is 2. The van der Waals surface area contributed by atoms with Crippen molar-refractivity contribution in [2.24, 2.45) is 0 Å². The molecule has 0 unspecified atom stereocenters. The molecule has 3 rings (SSSR count). The number of nitrogens with one attached hydrogen (secondary N) is 1. The first-order chi connectivity index (χ1) is 13.1. The molecule has 6 nitrogen and oxygen atoms in total. The second-order valence-electron chi connectivity index (χ2n) is 6.80. The Bertz CT molecular complexity index is 783. The minimum absolute atomic E-state index is 0.0177. The van der Waals surface area contributed by atoms with E-state index in [2.05, 4.69) is 36.0 Å². The fourth-order valence-corrected chi connectivity index (χ4v) is 3.73. The summed E-state index contributed by atoms with van der Waals surface area (Å²) in [6.07, 6.45) is 3.92. The van der Waals surface area contributed by atoms with Crippen LogP contribution in [0.5, 0.6) is 11.5 Å². The maximum atomic E-state index is 13.1. The van der Waals surface area contributed by atoms with E-state index < -0.39 is 0 Å². The zero-order valence-corrected chi connectivity index (χ0v) is 16.6. The topological polar surface area (TPSA) is 55.7 Å². The molecule has 0 aliphatic carbocycles. The number of fused-ring (bicyclic) bond motifs is 1. The van der Waals surface area contributed by atoms with Crippen molar-refractivity contribution < 1.29 is 14.3 Å². The molecule has 0 radical (unpaired) electrons. The van der Waals surface area contributed by atoms with Crippen molar-refractivity contribution >= 4 is 6.03 Å². The first kappa shape index (κ1) is 19.1. The molecule has 1 aromatic carbocycles. The maximum Gasteiger partial charge on any atom is 0.318 e. The molecule has 1 N–H and O–H groups in total. The van der Waals surface area contributed by atoms with Crippen LogP contribution in [0.3, 0.4) is 0 Å². The van der Waals surface area contributed by atoms with Gasteiger partial charge in [-0.15, -0.1) is 0 Å². The second-order valence-corrected chi connectivity index (χ2v) is 6.80. The summed E-state index contributed by atoms with van der Waals surface area (Å²) in [7, 11) is 3.25. The van der Waals surface area contributed by atoms with Gasteiger partial charge in [-0.3, -0.25) is 0 Å². The average Bonchev–Trinajstić information content (AvgIpc) is 3.19. The summed E-state index contributed by atoms with van der Waals surface area (Å²) in [6.45, 7) is 5.65. The normalized spacial score (nSPS) is 16.2. The van der Waals surface area contributed by atoms with Crippen LogP contribution in [0, 0.1) is 0 Å². The molecule has 27 heavy (non-hydrogen) atoms. The van der Waals surface area contributed by atoms with Crippen molar-refractivity contribution in [1.29, 1.82) is 0 Å². The molecule has 1 aliphatic rings. The van der Waals surface area contributed by atoms with Gasteiger partial charge in [0.2, 0.25) is 0 Å². The van der Waals surface area contributed by atoms with E-state index in [4.69, 9.17) is 9.47 Å². The molecular weight excluding hydrogens is 342 g/mol. The molecule has 146 valence electrons. The number of hydrogen-bond donors (Lipinski definition) is 1. The number of aromatic nitrogens is 1. The van der Waals surface area contributed by atoms with Crippen molar-refractivity contribution in [2.75, 3.05) is 20.8 Å². The van der Waals surface area contributed by atoms with Crippen LogP contribution in [0.2, 0.25) is 0 Å². The molecule has 2 amide bonds. The number of hydrogen-bond acceptors (Lipinski definition) is 3. The van der Waals surface area contributed by atoms with E-state index in [1.807, 2.05) is 29.2 Å². The molecule has 1 atom stereocenters. The van der Waals surface area contributed by atoms with E-state index in [1.54, 1.807) is 14.2 Å². The molecule has 2 aromatic rings. The molecule has 2 heterocycles. The zero-order valence-electron chi connectivity index (χ0n) is 16.6. The number of amides is 2. The lowest BCUT2D eigenvalue weighted by Gasteiger charge is -2.38. The first-order valence-electron chi connectivity index (χ1n) is 9.57. The van der Waals surface area contributed by atoms with E-state index in [-0.39, 0.29) is 18.1 Å². The third-order valence-corrected chi connectivity index (χ3v) is 5.34. The zero-order chi connectivity index (χ0) is 19.4. The van der Waals surface area contributed by atoms with Gasteiger partial charge < -0.3 is 24.3 Å². The highest BCUT2D eigenvalue weighted by Gasteiger charge is 2.33. The van der Waals surface area contributed by atoms with Crippen molar-refractivity contribution in [3.63, 3.8) is 0 Å². The summed E-state index contributed by atoms with van der Waals surface area (Å²) in [5.74, 6) is 1.35. The highest BCUT2D eigenvalue weighted by atomic mass is 16.5. The quantitative estimate of drug-likeness (QED) is 0.840. The van der Waals surface area contributed by atoms with E-state index in [1.165, 1.54) is 0 Å². The number of ether oxygens (including phenoxy) is 2. The van der Waals surface area contributed by atoms with Crippen LogP contribution in [-0.4, -0.2) is 42.3 Å². The van der Waals surface area contributed by atoms with Gasteiger partial charge in [-0.1, -0.05) is 19.9 Å². The van der Waals surface area contributed by atoms with Crippen molar-refractivity contribution in [3.8, 4) is 11.5 Å². The fourth-order valence-electron chi connectivity index (χ4n) is 3.73. The standard InChI is InChI=1S/C21H29N3O3/c1-5-16(6-2)22-21(25)24-13-12-23-11-7-8-17(23)20(24)15-9-10-18(26-3)19(14-15)27-4/h7-11,14,16,20H,5-6,12-13H2,1-4H3,(H,22,25)/t20-/m1/s1. The molecule has 0 spiro atoms. The van der Waals surface area contributed by atoms with Crippen molar-refractivity contribution in [3.05, 3.63) is 47.8 Å². The number of rotatable bonds is 6. The van der Waals surface area contributed by atoms with Gasteiger partial charge in [-0.2, -0.15) is 0 Å². The first-order valence-corrected chi connectivity index (χ1v) is 9.57. The SMILES string of the molecule is CCC(CC)NC(=O)N1CCn2cccc2[C@H]1c1ccc(OC)c(OC)c1. The number of urea groups is 1. The minimum Gasteiger partial charge on any atom is -0.493 e. The Kier molecular flexibility index (Phi) is 5.94. The highest BCUT2D eigenvalue weighted by Crippen LogP contribution is 2.37. The molecule has 0 fully saturated rings. The minimum atomic E-state index is -0.164. The van der Waals surface area contributed by atoms with Crippen LogP contribution in [-0.2, 0) is 6.54 Å². The van der Waals surface area contributed by atoms with Gasteiger partial charge in [0.1, 0.15) is 0 Å². The van der Waals surface area contributed by atoms with Gasteiger partial charge in [-0.05, 0) is 42.7 Å². The Labute approximate surface area is 161 Å². The lowest BCUT2D eigenvalue weighted by Crippen LogP contribution is -2.49. The van der Waals surface area contributed by atoms with Gasteiger partial charge >= 0.3 is 6.03 Å². The predicted molar refractivity (Wildman–Crippen MR) is 105 cm³/mol. The van der Waals surface area contributed by atoms with Crippen LogP contribution in [0.25, 0.3) is 0 Å². The third kappa shape index (κ3) is 3.75. The van der Waals surface area contributed by atoms with E-state index in [0.717, 1.165) is 30.6 Å². The van der Waals surface area contributed by atoms with Crippen molar-refractivity contribution in [2.45, 2.75) is 45.3 Å². The summed E-state index contributed by atoms with van der Waals surface area (Å²) in [6, 6.07) is 9.99. The van der Waals surface area contributed by atoms with Crippen LogP contribution in [0.1, 0.15) is 44.0 Å². The predicted octanol–water partition coefficient (Wildman–Crippen LogP) is 3.81. The maximum absolute atomic E-state index is 13.1. The monoisotopic (exact) mass is 371 g/mol. The van der Waals surface area contributed by atoms with Gasteiger partial charge in [-0.25, -0.2) is 4.79 Å². The van der Waals surface area contributed by atoms with Crippen LogP contribution in [0.4, 0.5) is 4.79 Å². The summed E-state index contributed by atoms with van der Waals surface area (Å²) >= 11 is 0. The fraction of sp³-hybridized carbons (Fsp3) is 0.476. The molecule has 6 heteroatoms. The molecule has 1 aromatic heterocycles. The van der Waals surface area contributed by atoms with Gasteiger partial charge in [0.25, 0.3) is 0 Å². The van der Waals surface area contributed by atoms with Crippen LogP contribution in [0.15, 0.2) is 36.5 Å². The third-order valence-electron chi connectivity index (χ3n) is 5.34. The molecule has 0 bridgehead atoms. The van der Waals surface area contributed by atoms with E-state index in [9.17, 15) is 4.79 Å². The lowest BCUT2D eigenvalue weighted by atomic mass is 9.99. The van der Waals surface area contributed by atoms with Gasteiger partial charge in [0.05, 0.1) is 20.3 Å². The molecule has 0 saturated heterocycles. The summed E-state index contributed by atoms with van der Waals surface area (Å²) < 4.78 is 13.1. The Hall–Kier alpha value is -2.63.